The molecule has 4 amide bonds. The fraction of sp³-hybridized carbons (Fsp3) is 0.263. The molecule has 10 rings (SSSR count). The molecule has 0 spiro atoms. The molecule has 4 bridgehead atoms. The van der Waals surface area contributed by atoms with Gasteiger partial charge in [-0.1, -0.05) is 54.6 Å². The molecular weight excluding hydrogens is 576 g/mol. The van der Waals surface area contributed by atoms with Crippen LogP contribution in [-0.4, -0.2) is 33.6 Å². The number of carbonyl (C=O) groups is 4. The van der Waals surface area contributed by atoms with E-state index in [1.54, 1.807) is 12.1 Å². The normalized spacial score (nSPS) is 31.7. The number of hydrogen-bond acceptors (Lipinski definition) is 6. The van der Waals surface area contributed by atoms with E-state index in [9.17, 15) is 19.2 Å². The Labute approximate surface area is 264 Å². The summed E-state index contributed by atoms with van der Waals surface area (Å²) < 4.78 is 0. The van der Waals surface area contributed by atoms with Crippen molar-refractivity contribution in [1.82, 2.24) is 9.97 Å². The van der Waals surface area contributed by atoms with Crippen molar-refractivity contribution in [3.63, 3.8) is 0 Å². The lowest BCUT2D eigenvalue weighted by Gasteiger charge is -2.18. The van der Waals surface area contributed by atoms with Crippen LogP contribution in [0, 0.1) is 47.3 Å². The number of nitrogens with zero attached hydrogens (tertiary/aromatic N) is 4. The van der Waals surface area contributed by atoms with Crippen LogP contribution in [0.25, 0.3) is 33.5 Å². The second kappa shape index (κ2) is 9.16. The highest BCUT2D eigenvalue weighted by atomic mass is 16.2. The van der Waals surface area contributed by atoms with E-state index < -0.39 is 0 Å². The van der Waals surface area contributed by atoms with E-state index in [0.717, 1.165) is 40.6 Å². The number of hydrogen-bond donors (Lipinski definition) is 0. The van der Waals surface area contributed by atoms with Gasteiger partial charge in [0.1, 0.15) is 0 Å². The van der Waals surface area contributed by atoms with Gasteiger partial charge in [0.25, 0.3) is 0 Å². The summed E-state index contributed by atoms with van der Waals surface area (Å²) in [6.45, 7) is 0. The van der Waals surface area contributed by atoms with Crippen LogP contribution in [0.5, 0.6) is 0 Å². The summed E-state index contributed by atoms with van der Waals surface area (Å²) in [4.78, 5) is 65.9. The molecule has 3 heterocycles. The largest absolute Gasteiger partial charge is 0.274 e. The number of amides is 4. The SMILES string of the molecule is O=C1C2C3C=CC(C3)C2C(=O)N1c1ccc(-c2nc(-c3ccc(N4C(=O)C5C6C=CC(C6)C5C4=O)cc3)c3ccccc3n2)cc1. The maximum atomic E-state index is 13.4. The number of benzene rings is 3. The van der Waals surface area contributed by atoms with Crippen molar-refractivity contribution in [2.45, 2.75) is 12.8 Å². The zero-order valence-electron chi connectivity index (χ0n) is 24.7. The zero-order chi connectivity index (χ0) is 30.8. The van der Waals surface area contributed by atoms with Crippen LogP contribution in [0.4, 0.5) is 11.4 Å². The van der Waals surface area contributed by atoms with Crippen LogP contribution in [0.1, 0.15) is 12.8 Å². The molecule has 8 atom stereocenters. The van der Waals surface area contributed by atoms with Gasteiger partial charge in [-0.2, -0.15) is 0 Å². The lowest BCUT2D eigenvalue weighted by Crippen LogP contribution is -2.32. The maximum Gasteiger partial charge on any atom is 0.238 e. The lowest BCUT2D eigenvalue weighted by molar-refractivity contribution is -0.124. The van der Waals surface area contributed by atoms with Crippen LogP contribution in [-0.2, 0) is 19.2 Å². The van der Waals surface area contributed by atoms with E-state index in [2.05, 4.69) is 24.3 Å². The molecule has 8 unspecified atom stereocenters. The molecule has 0 N–H and O–H groups in total. The van der Waals surface area contributed by atoms with Crippen molar-refractivity contribution < 1.29 is 19.2 Å². The predicted octanol–water partition coefficient (Wildman–Crippen LogP) is 5.59. The molecule has 224 valence electrons. The fourth-order valence-corrected chi connectivity index (χ4v) is 9.27. The number of fused-ring (bicyclic) bond motifs is 11. The summed E-state index contributed by atoms with van der Waals surface area (Å²) in [5.41, 5.74) is 4.26. The van der Waals surface area contributed by atoms with E-state index in [0.29, 0.717) is 17.2 Å². The van der Waals surface area contributed by atoms with E-state index in [1.165, 1.54) is 9.80 Å². The molecule has 8 heteroatoms. The Morgan fingerprint density at radius 2 is 0.935 bits per heavy atom. The highest BCUT2D eigenvalue weighted by molar-refractivity contribution is 6.23. The highest BCUT2D eigenvalue weighted by Crippen LogP contribution is 2.54. The summed E-state index contributed by atoms with van der Waals surface area (Å²) in [7, 11) is 0. The first-order chi connectivity index (χ1) is 22.5. The fourth-order valence-electron chi connectivity index (χ4n) is 9.27. The van der Waals surface area contributed by atoms with Crippen molar-refractivity contribution in [1.29, 1.82) is 0 Å². The number of anilines is 2. The van der Waals surface area contributed by atoms with Crippen molar-refractivity contribution in [2.24, 2.45) is 47.3 Å². The van der Waals surface area contributed by atoms with Crippen molar-refractivity contribution >= 4 is 45.9 Å². The minimum atomic E-state index is -0.242. The predicted molar refractivity (Wildman–Crippen MR) is 171 cm³/mol. The van der Waals surface area contributed by atoms with Crippen molar-refractivity contribution in [2.75, 3.05) is 9.80 Å². The first-order valence-electron chi connectivity index (χ1n) is 16.1. The topological polar surface area (TPSA) is 101 Å². The highest BCUT2D eigenvalue weighted by Gasteiger charge is 2.60. The standard InChI is InChI=1S/C38H28N4O4/c43-35-29-21-5-6-22(17-21)30(29)36(44)41(35)25-13-9-19(10-14-25)33-27-3-1-2-4-28(27)39-34(40-33)20-11-15-26(16-12-20)42-37(45)31-23-7-8-24(18-23)32(31)38(42)46/h1-16,21-24,29-32H,17-18H2. The number of rotatable bonds is 4. The van der Waals surface area contributed by atoms with Gasteiger partial charge in [0.15, 0.2) is 5.82 Å². The Hall–Kier alpha value is -5.24. The van der Waals surface area contributed by atoms with Gasteiger partial charge in [0, 0.05) is 16.5 Å². The van der Waals surface area contributed by atoms with E-state index in [-0.39, 0.29) is 71.0 Å². The molecule has 4 aromatic rings. The van der Waals surface area contributed by atoms with Gasteiger partial charge in [0.2, 0.25) is 23.6 Å². The van der Waals surface area contributed by atoms with Crippen molar-refractivity contribution in [3.8, 4) is 22.6 Å². The monoisotopic (exact) mass is 604 g/mol. The summed E-state index contributed by atoms with van der Waals surface area (Å²) in [5, 5.41) is 0.879. The van der Waals surface area contributed by atoms with Crippen LogP contribution in [0.15, 0.2) is 97.1 Å². The van der Waals surface area contributed by atoms with Gasteiger partial charge in [0.05, 0.1) is 46.3 Å². The molecule has 4 fully saturated rings. The molecule has 3 aromatic carbocycles. The first kappa shape index (κ1) is 26.0. The number of aromatic nitrogens is 2. The summed E-state index contributed by atoms with van der Waals surface area (Å²) in [6.07, 6.45) is 10.2. The first-order valence-corrected chi connectivity index (χ1v) is 16.1. The zero-order valence-corrected chi connectivity index (χ0v) is 24.7. The molecule has 8 nitrogen and oxygen atoms in total. The third kappa shape index (κ3) is 3.39. The van der Waals surface area contributed by atoms with Gasteiger partial charge >= 0.3 is 0 Å². The molecule has 0 radical (unpaired) electrons. The van der Waals surface area contributed by atoms with Crippen molar-refractivity contribution in [3.05, 3.63) is 97.1 Å². The second-order valence-corrected chi connectivity index (χ2v) is 13.5. The van der Waals surface area contributed by atoms with Gasteiger partial charge in [-0.3, -0.25) is 29.0 Å². The quantitative estimate of drug-likeness (QED) is 0.223. The van der Waals surface area contributed by atoms with Crippen LogP contribution in [0.3, 0.4) is 0 Å². The number of imide groups is 2. The Morgan fingerprint density at radius 3 is 1.41 bits per heavy atom. The summed E-state index contributed by atoms with van der Waals surface area (Å²) in [5.74, 6) is -0.178. The van der Waals surface area contributed by atoms with E-state index in [4.69, 9.17) is 9.97 Å². The average molecular weight is 605 g/mol. The minimum Gasteiger partial charge on any atom is -0.274 e. The Kier molecular flexibility index (Phi) is 5.18. The summed E-state index contributed by atoms with van der Waals surface area (Å²) >= 11 is 0. The Bertz CT molecular complexity index is 2040. The van der Waals surface area contributed by atoms with E-state index in [1.807, 2.05) is 60.7 Å². The second-order valence-electron chi connectivity index (χ2n) is 13.5. The Morgan fingerprint density at radius 1 is 0.500 bits per heavy atom. The Balaban J connectivity index is 0.968. The van der Waals surface area contributed by atoms with Crippen LogP contribution in [0.2, 0.25) is 0 Å². The van der Waals surface area contributed by atoms with Gasteiger partial charge in [-0.15, -0.1) is 0 Å². The average Bonchev–Trinajstić information content (AvgIpc) is 3.94. The van der Waals surface area contributed by atoms with Crippen LogP contribution >= 0.6 is 0 Å². The minimum absolute atomic E-state index is 0.0950. The molecule has 2 aliphatic heterocycles. The molecule has 46 heavy (non-hydrogen) atoms. The third-order valence-corrected chi connectivity index (χ3v) is 11.3. The third-order valence-electron chi connectivity index (χ3n) is 11.3. The smallest absolute Gasteiger partial charge is 0.238 e. The number of allylic oxidation sites excluding steroid dienone is 4. The molecule has 2 saturated carbocycles. The summed E-state index contributed by atoms with van der Waals surface area (Å²) in [6, 6.07) is 22.6. The molecule has 2 saturated heterocycles. The maximum absolute atomic E-state index is 13.4. The molecular formula is C38H28N4O4. The van der Waals surface area contributed by atoms with Gasteiger partial charge < -0.3 is 0 Å². The number of para-hydroxylation sites is 1. The van der Waals surface area contributed by atoms with Crippen LogP contribution < -0.4 is 9.80 Å². The molecule has 4 aliphatic carbocycles. The number of carbonyl (C=O) groups excluding carboxylic acids is 4. The van der Waals surface area contributed by atoms with E-state index >= 15 is 0 Å². The molecule has 6 aliphatic rings. The van der Waals surface area contributed by atoms with Gasteiger partial charge in [-0.25, -0.2) is 9.97 Å². The lowest BCUT2D eigenvalue weighted by atomic mass is 9.85. The molecule has 1 aromatic heterocycles. The van der Waals surface area contributed by atoms with Gasteiger partial charge in [-0.05, 0) is 79.0 Å².